The van der Waals surface area contributed by atoms with Crippen LogP contribution in [0.5, 0.6) is 5.75 Å². The quantitative estimate of drug-likeness (QED) is 0.433. The highest BCUT2D eigenvalue weighted by atomic mass is 16.6. The molecule has 27 heavy (non-hydrogen) atoms. The first-order valence-electron chi connectivity index (χ1n) is 8.23. The minimum absolute atomic E-state index is 0.000461. The number of carbonyl (C=O) groups is 2. The minimum Gasteiger partial charge on any atom is -0.496 e. The summed E-state index contributed by atoms with van der Waals surface area (Å²) in [5, 5.41) is 13.5. The molecule has 0 unspecified atom stereocenters. The van der Waals surface area contributed by atoms with Gasteiger partial charge in [0.2, 0.25) is 0 Å². The van der Waals surface area contributed by atoms with Crippen molar-refractivity contribution in [2.75, 3.05) is 19.0 Å². The number of hydrogen-bond donors (Lipinski definition) is 1. The van der Waals surface area contributed by atoms with E-state index in [1.165, 1.54) is 25.3 Å². The van der Waals surface area contributed by atoms with Crippen molar-refractivity contribution in [3.05, 3.63) is 64.2 Å². The molecule has 0 bridgehead atoms. The summed E-state index contributed by atoms with van der Waals surface area (Å²) in [5.74, 6) is -0.944. The van der Waals surface area contributed by atoms with E-state index in [9.17, 15) is 19.7 Å². The van der Waals surface area contributed by atoms with Gasteiger partial charge in [-0.25, -0.2) is 0 Å². The Balaban J connectivity index is 1.89. The zero-order valence-electron chi connectivity index (χ0n) is 15.0. The molecule has 142 valence electrons. The van der Waals surface area contributed by atoms with Crippen molar-refractivity contribution in [2.45, 2.75) is 19.3 Å². The number of nitrogens with zero attached hydrogens (tertiary/aromatic N) is 1. The van der Waals surface area contributed by atoms with Crippen LogP contribution in [-0.4, -0.2) is 30.5 Å². The third kappa shape index (κ3) is 5.81. The van der Waals surface area contributed by atoms with Gasteiger partial charge in [-0.05, 0) is 23.6 Å². The molecule has 0 aromatic heterocycles. The predicted molar refractivity (Wildman–Crippen MR) is 98.7 cm³/mol. The molecule has 0 radical (unpaired) electrons. The van der Waals surface area contributed by atoms with Crippen molar-refractivity contribution in [1.29, 1.82) is 0 Å². The largest absolute Gasteiger partial charge is 0.496 e. The first kappa shape index (κ1) is 19.9. The standard InChI is InChI=1S/C19H20N2O6/c1-13(14-6-4-3-5-7-14)10-19(23)27-12-18(22)20-16-9-8-15(26-2)11-17(16)21(24)25/h3-9,11,13H,10,12H2,1-2H3,(H,20,22)/t13-/m0/s1. The zero-order valence-corrected chi connectivity index (χ0v) is 15.0. The lowest BCUT2D eigenvalue weighted by atomic mass is 9.98. The van der Waals surface area contributed by atoms with Crippen LogP contribution in [0.15, 0.2) is 48.5 Å². The number of carbonyl (C=O) groups excluding carboxylic acids is 2. The predicted octanol–water partition coefficient (Wildman–Crippen LogP) is 3.28. The van der Waals surface area contributed by atoms with Crippen LogP contribution in [0.4, 0.5) is 11.4 Å². The lowest BCUT2D eigenvalue weighted by molar-refractivity contribution is -0.384. The van der Waals surface area contributed by atoms with Gasteiger partial charge in [-0.1, -0.05) is 37.3 Å². The third-order valence-corrected chi connectivity index (χ3v) is 3.88. The first-order valence-corrected chi connectivity index (χ1v) is 8.23. The minimum atomic E-state index is -0.663. The van der Waals surface area contributed by atoms with E-state index in [0.29, 0.717) is 5.75 Å². The average molecular weight is 372 g/mol. The smallest absolute Gasteiger partial charge is 0.306 e. The number of esters is 1. The van der Waals surface area contributed by atoms with Crippen LogP contribution >= 0.6 is 0 Å². The number of nitro groups is 1. The van der Waals surface area contributed by atoms with Crippen LogP contribution in [0.25, 0.3) is 0 Å². The monoisotopic (exact) mass is 372 g/mol. The number of amides is 1. The van der Waals surface area contributed by atoms with Gasteiger partial charge in [0.25, 0.3) is 11.6 Å². The van der Waals surface area contributed by atoms with Crippen LogP contribution in [0.1, 0.15) is 24.8 Å². The number of benzene rings is 2. The summed E-state index contributed by atoms with van der Waals surface area (Å²) in [4.78, 5) is 34.3. The van der Waals surface area contributed by atoms with Gasteiger partial charge >= 0.3 is 5.97 Å². The Morgan fingerprint density at radius 2 is 1.89 bits per heavy atom. The van der Waals surface area contributed by atoms with Crippen LogP contribution in [0, 0.1) is 10.1 Å². The molecule has 2 rings (SSSR count). The number of hydrogen-bond acceptors (Lipinski definition) is 6. The van der Waals surface area contributed by atoms with Gasteiger partial charge in [0, 0.05) is 0 Å². The topological polar surface area (TPSA) is 108 Å². The Morgan fingerprint density at radius 3 is 2.52 bits per heavy atom. The molecule has 0 aliphatic carbocycles. The maximum absolute atomic E-state index is 12.0. The molecule has 0 fully saturated rings. The molecule has 2 aromatic rings. The molecule has 0 heterocycles. The van der Waals surface area contributed by atoms with Gasteiger partial charge in [-0.3, -0.25) is 19.7 Å². The number of rotatable bonds is 8. The van der Waals surface area contributed by atoms with Crippen molar-refractivity contribution in [1.82, 2.24) is 0 Å². The Morgan fingerprint density at radius 1 is 1.19 bits per heavy atom. The Labute approximate surface area is 156 Å². The van der Waals surface area contributed by atoms with E-state index in [1.54, 1.807) is 0 Å². The second-order valence-corrected chi connectivity index (χ2v) is 5.86. The van der Waals surface area contributed by atoms with Crippen LogP contribution in [-0.2, 0) is 14.3 Å². The van der Waals surface area contributed by atoms with Crippen molar-refractivity contribution < 1.29 is 24.0 Å². The van der Waals surface area contributed by atoms with Crippen molar-refractivity contribution in [3.8, 4) is 5.75 Å². The molecule has 1 amide bonds. The lowest BCUT2D eigenvalue weighted by Gasteiger charge is -2.12. The fraction of sp³-hybridized carbons (Fsp3) is 0.263. The summed E-state index contributed by atoms with van der Waals surface area (Å²) in [6.45, 7) is 1.36. The second-order valence-electron chi connectivity index (χ2n) is 5.86. The highest BCUT2D eigenvalue weighted by molar-refractivity contribution is 5.95. The number of nitro benzene ring substituents is 1. The van der Waals surface area contributed by atoms with Gasteiger partial charge in [0.1, 0.15) is 11.4 Å². The Bertz CT molecular complexity index is 822. The number of anilines is 1. The van der Waals surface area contributed by atoms with E-state index in [2.05, 4.69) is 5.32 Å². The molecule has 2 aromatic carbocycles. The van der Waals surface area contributed by atoms with Crippen molar-refractivity contribution in [2.24, 2.45) is 0 Å². The maximum Gasteiger partial charge on any atom is 0.306 e. The average Bonchev–Trinajstić information content (AvgIpc) is 2.67. The maximum atomic E-state index is 12.0. The molecular formula is C19H20N2O6. The summed E-state index contributed by atoms with van der Waals surface area (Å²) >= 11 is 0. The van der Waals surface area contributed by atoms with Crippen molar-refractivity contribution >= 4 is 23.3 Å². The van der Waals surface area contributed by atoms with Crippen LogP contribution < -0.4 is 10.1 Å². The molecule has 0 spiro atoms. The fourth-order valence-electron chi connectivity index (χ4n) is 2.44. The number of methoxy groups -OCH3 is 1. The van der Waals surface area contributed by atoms with Crippen LogP contribution in [0.2, 0.25) is 0 Å². The highest BCUT2D eigenvalue weighted by Gasteiger charge is 2.18. The SMILES string of the molecule is COc1ccc(NC(=O)COC(=O)C[C@H](C)c2ccccc2)c([N+](=O)[O-])c1. The second kappa shape index (κ2) is 9.33. The molecule has 0 saturated carbocycles. The normalized spacial score (nSPS) is 11.3. The van der Waals surface area contributed by atoms with Gasteiger partial charge < -0.3 is 14.8 Å². The molecule has 8 heteroatoms. The van der Waals surface area contributed by atoms with E-state index >= 15 is 0 Å². The molecule has 0 aliphatic rings. The van der Waals surface area contributed by atoms with E-state index in [0.717, 1.165) is 5.56 Å². The highest BCUT2D eigenvalue weighted by Crippen LogP contribution is 2.28. The van der Waals surface area contributed by atoms with Gasteiger partial charge in [0.15, 0.2) is 6.61 Å². The van der Waals surface area contributed by atoms with Gasteiger partial charge in [-0.2, -0.15) is 0 Å². The van der Waals surface area contributed by atoms with E-state index in [1.807, 2.05) is 37.3 Å². The molecular weight excluding hydrogens is 352 g/mol. The third-order valence-electron chi connectivity index (χ3n) is 3.88. The first-order chi connectivity index (χ1) is 12.9. The molecule has 0 aliphatic heterocycles. The molecule has 8 nitrogen and oxygen atoms in total. The summed E-state index contributed by atoms with van der Waals surface area (Å²) in [6.07, 6.45) is 0.125. The van der Waals surface area contributed by atoms with Crippen LogP contribution in [0.3, 0.4) is 0 Å². The molecule has 1 N–H and O–H groups in total. The molecule has 0 saturated heterocycles. The summed E-state index contributed by atoms with van der Waals surface area (Å²) in [6, 6.07) is 13.5. The lowest BCUT2D eigenvalue weighted by Crippen LogP contribution is -2.22. The van der Waals surface area contributed by atoms with E-state index < -0.39 is 23.4 Å². The number of ether oxygens (including phenoxy) is 2. The Hall–Kier alpha value is -3.42. The van der Waals surface area contributed by atoms with Gasteiger partial charge in [-0.15, -0.1) is 0 Å². The van der Waals surface area contributed by atoms with E-state index in [-0.39, 0.29) is 23.7 Å². The van der Waals surface area contributed by atoms with Gasteiger partial charge in [0.05, 0.1) is 24.5 Å². The summed E-state index contributed by atoms with van der Waals surface area (Å²) < 4.78 is 9.90. The zero-order chi connectivity index (χ0) is 19.8. The van der Waals surface area contributed by atoms with Crippen molar-refractivity contribution in [3.63, 3.8) is 0 Å². The molecule has 1 atom stereocenters. The van der Waals surface area contributed by atoms with E-state index in [4.69, 9.17) is 9.47 Å². The summed E-state index contributed by atoms with van der Waals surface area (Å²) in [7, 11) is 1.38. The summed E-state index contributed by atoms with van der Waals surface area (Å²) in [5.41, 5.74) is 0.680. The Kier molecular flexibility index (Phi) is 6.87. The number of nitrogens with one attached hydrogen (secondary N) is 1. The fourth-order valence-corrected chi connectivity index (χ4v) is 2.44.